The fourth-order valence-corrected chi connectivity index (χ4v) is 3.97. The zero-order valence-corrected chi connectivity index (χ0v) is 22.8. The van der Waals surface area contributed by atoms with Crippen LogP contribution in [-0.2, 0) is 4.79 Å². The number of benzene rings is 4. The number of methoxy groups -OCH3 is 1. The first-order valence-electron chi connectivity index (χ1n) is 13.0. The Bertz CT molecular complexity index is 1570. The SMILES string of the molecule is CCOc1ccccc1/C=C/C(=O)c1ccc(NC(=O)/C(=C/c2ccccc2OC)NC(=O)c2ccccc2)cc1. The zero-order chi connectivity index (χ0) is 29.0. The van der Waals surface area contributed by atoms with E-state index in [0.717, 1.165) is 5.56 Å². The van der Waals surface area contributed by atoms with Crippen molar-refractivity contribution in [1.29, 1.82) is 0 Å². The molecule has 206 valence electrons. The Hall–Kier alpha value is -5.43. The first-order valence-corrected chi connectivity index (χ1v) is 13.0. The summed E-state index contributed by atoms with van der Waals surface area (Å²) in [5.74, 6) is 0.0910. The molecule has 0 saturated heterocycles. The number of para-hydroxylation sites is 2. The monoisotopic (exact) mass is 546 g/mol. The molecule has 4 rings (SSSR count). The van der Waals surface area contributed by atoms with Gasteiger partial charge in [0.1, 0.15) is 17.2 Å². The third kappa shape index (κ3) is 7.80. The summed E-state index contributed by atoms with van der Waals surface area (Å²) >= 11 is 0. The molecule has 0 bridgehead atoms. The fourth-order valence-electron chi connectivity index (χ4n) is 3.97. The lowest BCUT2D eigenvalue weighted by Crippen LogP contribution is -2.30. The molecular formula is C34H30N2O5. The smallest absolute Gasteiger partial charge is 0.272 e. The van der Waals surface area contributed by atoms with E-state index in [9.17, 15) is 14.4 Å². The highest BCUT2D eigenvalue weighted by molar-refractivity contribution is 6.11. The molecule has 7 nitrogen and oxygen atoms in total. The molecule has 2 N–H and O–H groups in total. The van der Waals surface area contributed by atoms with Crippen LogP contribution >= 0.6 is 0 Å². The summed E-state index contributed by atoms with van der Waals surface area (Å²) < 4.78 is 11.0. The van der Waals surface area contributed by atoms with Gasteiger partial charge in [-0.15, -0.1) is 0 Å². The van der Waals surface area contributed by atoms with E-state index >= 15 is 0 Å². The van der Waals surface area contributed by atoms with Gasteiger partial charge in [0.25, 0.3) is 11.8 Å². The van der Waals surface area contributed by atoms with Crippen molar-refractivity contribution in [3.8, 4) is 11.5 Å². The Morgan fingerprint density at radius 3 is 2.05 bits per heavy atom. The molecule has 0 radical (unpaired) electrons. The van der Waals surface area contributed by atoms with Crippen molar-refractivity contribution in [2.24, 2.45) is 0 Å². The van der Waals surface area contributed by atoms with E-state index in [1.54, 1.807) is 78.9 Å². The summed E-state index contributed by atoms with van der Waals surface area (Å²) in [5, 5.41) is 5.50. The summed E-state index contributed by atoms with van der Waals surface area (Å²) in [4.78, 5) is 39.0. The van der Waals surface area contributed by atoms with Crippen LogP contribution in [0.5, 0.6) is 11.5 Å². The fraction of sp³-hybridized carbons (Fsp3) is 0.0882. The molecule has 0 unspecified atom stereocenters. The summed E-state index contributed by atoms with van der Waals surface area (Å²) in [6.07, 6.45) is 4.75. The Morgan fingerprint density at radius 2 is 1.37 bits per heavy atom. The number of anilines is 1. The molecule has 0 aliphatic carbocycles. The van der Waals surface area contributed by atoms with Gasteiger partial charge in [0, 0.05) is 27.9 Å². The van der Waals surface area contributed by atoms with Crippen LogP contribution in [0.2, 0.25) is 0 Å². The number of carbonyl (C=O) groups excluding carboxylic acids is 3. The Kier molecular flexibility index (Phi) is 9.82. The normalized spacial score (nSPS) is 11.1. The number of nitrogens with one attached hydrogen (secondary N) is 2. The minimum absolute atomic E-state index is 0.0272. The first-order chi connectivity index (χ1) is 20.0. The van der Waals surface area contributed by atoms with Gasteiger partial charge in [-0.25, -0.2) is 0 Å². The number of ketones is 1. The van der Waals surface area contributed by atoms with Crippen LogP contribution in [0.15, 0.2) is 115 Å². The molecule has 0 fully saturated rings. The van der Waals surface area contributed by atoms with Crippen molar-refractivity contribution in [3.05, 3.63) is 137 Å². The van der Waals surface area contributed by atoms with Gasteiger partial charge in [0.05, 0.1) is 13.7 Å². The van der Waals surface area contributed by atoms with Crippen LogP contribution in [0.4, 0.5) is 5.69 Å². The van der Waals surface area contributed by atoms with Gasteiger partial charge in [-0.3, -0.25) is 14.4 Å². The molecule has 0 aliphatic heterocycles. The van der Waals surface area contributed by atoms with Crippen LogP contribution in [-0.4, -0.2) is 31.3 Å². The Labute approximate surface area is 239 Å². The number of allylic oxidation sites excluding steroid dienone is 1. The van der Waals surface area contributed by atoms with E-state index in [2.05, 4.69) is 10.6 Å². The van der Waals surface area contributed by atoms with Crippen LogP contribution in [0.25, 0.3) is 12.2 Å². The van der Waals surface area contributed by atoms with Crippen LogP contribution < -0.4 is 20.1 Å². The summed E-state index contributed by atoms with van der Waals surface area (Å²) in [6.45, 7) is 2.43. The van der Waals surface area contributed by atoms with Crippen molar-refractivity contribution >= 4 is 35.4 Å². The van der Waals surface area contributed by atoms with Crippen molar-refractivity contribution in [1.82, 2.24) is 5.32 Å². The van der Waals surface area contributed by atoms with Crippen LogP contribution in [0.3, 0.4) is 0 Å². The van der Waals surface area contributed by atoms with Gasteiger partial charge in [-0.05, 0) is 73.7 Å². The third-order valence-corrected chi connectivity index (χ3v) is 6.03. The second-order valence-corrected chi connectivity index (χ2v) is 8.82. The number of hydrogen-bond donors (Lipinski definition) is 2. The van der Waals surface area contributed by atoms with Gasteiger partial charge in [0.2, 0.25) is 0 Å². The average Bonchev–Trinajstić information content (AvgIpc) is 3.01. The molecule has 0 saturated carbocycles. The predicted molar refractivity (Wildman–Crippen MR) is 161 cm³/mol. The van der Waals surface area contributed by atoms with Crippen molar-refractivity contribution in [3.63, 3.8) is 0 Å². The molecule has 41 heavy (non-hydrogen) atoms. The van der Waals surface area contributed by atoms with E-state index in [1.807, 2.05) is 43.3 Å². The number of hydrogen-bond acceptors (Lipinski definition) is 5. The highest BCUT2D eigenvalue weighted by Crippen LogP contribution is 2.22. The van der Waals surface area contributed by atoms with E-state index in [1.165, 1.54) is 13.2 Å². The van der Waals surface area contributed by atoms with Gasteiger partial charge in [0.15, 0.2) is 5.78 Å². The predicted octanol–water partition coefficient (Wildman–Crippen LogP) is 6.40. The highest BCUT2D eigenvalue weighted by Gasteiger charge is 2.16. The first kappa shape index (κ1) is 28.6. The molecule has 0 heterocycles. The molecular weight excluding hydrogens is 516 g/mol. The van der Waals surface area contributed by atoms with Gasteiger partial charge in [-0.1, -0.05) is 54.6 Å². The quantitative estimate of drug-likeness (QED) is 0.168. The van der Waals surface area contributed by atoms with Gasteiger partial charge < -0.3 is 20.1 Å². The van der Waals surface area contributed by atoms with Crippen molar-refractivity contribution in [2.75, 3.05) is 19.0 Å². The van der Waals surface area contributed by atoms with Gasteiger partial charge >= 0.3 is 0 Å². The van der Waals surface area contributed by atoms with Crippen molar-refractivity contribution in [2.45, 2.75) is 6.92 Å². The highest BCUT2D eigenvalue weighted by atomic mass is 16.5. The standard InChI is InChI=1S/C34H30N2O5/c1-3-41-32-16-10-7-11-25(32)19-22-30(37)24-17-20-28(21-18-24)35-34(39)29(23-27-14-8-9-15-31(27)40-2)36-33(38)26-12-5-4-6-13-26/h4-23H,3H2,1-2H3,(H,35,39)(H,36,38)/b22-19+,29-23-. The number of rotatable bonds is 11. The number of amides is 2. The second kappa shape index (κ2) is 14.1. The maximum atomic E-state index is 13.3. The van der Waals surface area contributed by atoms with E-state index in [0.29, 0.717) is 40.5 Å². The lowest BCUT2D eigenvalue weighted by molar-refractivity contribution is -0.113. The maximum Gasteiger partial charge on any atom is 0.272 e. The second-order valence-electron chi connectivity index (χ2n) is 8.82. The minimum Gasteiger partial charge on any atom is -0.496 e. The van der Waals surface area contributed by atoms with E-state index in [-0.39, 0.29) is 11.5 Å². The zero-order valence-electron chi connectivity index (χ0n) is 22.8. The molecule has 2 amide bonds. The summed E-state index contributed by atoms with van der Waals surface area (Å²) in [7, 11) is 1.53. The van der Waals surface area contributed by atoms with E-state index in [4.69, 9.17) is 9.47 Å². The van der Waals surface area contributed by atoms with Gasteiger partial charge in [-0.2, -0.15) is 0 Å². The largest absolute Gasteiger partial charge is 0.496 e. The Balaban J connectivity index is 1.51. The minimum atomic E-state index is -0.535. The van der Waals surface area contributed by atoms with Crippen LogP contribution in [0, 0.1) is 0 Å². The molecule has 0 spiro atoms. The topological polar surface area (TPSA) is 93.7 Å². The molecule has 0 atom stereocenters. The molecule has 7 heteroatoms. The Morgan fingerprint density at radius 1 is 0.732 bits per heavy atom. The molecule has 4 aromatic rings. The number of carbonyl (C=O) groups is 3. The maximum absolute atomic E-state index is 13.3. The molecule has 0 aliphatic rings. The summed E-state index contributed by atoms with van der Waals surface area (Å²) in [5.41, 5.74) is 2.77. The lowest BCUT2D eigenvalue weighted by Gasteiger charge is -2.13. The third-order valence-electron chi connectivity index (χ3n) is 6.03. The lowest BCUT2D eigenvalue weighted by atomic mass is 10.1. The van der Waals surface area contributed by atoms with Crippen molar-refractivity contribution < 1.29 is 23.9 Å². The summed E-state index contributed by atoms with van der Waals surface area (Å²) in [6, 6.07) is 29.8. The molecule has 4 aromatic carbocycles. The van der Waals surface area contributed by atoms with Crippen LogP contribution in [0.1, 0.15) is 38.8 Å². The van der Waals surface area contributed by atoms with E-state index < -0.39 is 11.8 Å². The number of ether oxygens (including phenoxy) is 2. The average molecular weight is 547 g/mol. The molecule has 0 aromatic heterocycles.